The second kappa shape index (κ2) is 10.6. The van der Waals surface area contributed by atoms with Crippen molar-refractivity contribution in [2.24, 2.45) is 0 Å². The molecule has 0 fully saturated rings. The molecule has 0 radical (unpaired) electrons. The Morgan fingerprint density at radius 2 is 1.17 bits per heavy atom. The highest BCUT2D eigenvalue weighted by Gasteiger charge is 2.18. The third-order valence-corrected chi connectivity index (χ3v) is 8.14. The van der Waals surface area contributed by atoms with Gasteiger partial charge in [-0.25, -0.2) is 0 Å². The van der Waals surface area contributed by atoms with Gasteiger partial charge in [0.1, 0.15) is 0 Å². The molecular weight excluding hydrogens is 510 g/mol. The van der Waals surface area contributed by atoms with Crippen molar-refractivity contribution >= 4 is 39.3 Å². The molecule has 0 saturated heterocycles. The van der Waals surface area contributed by atoms with Crippen LogP contribution in [0, 0.1) is 13.8 Å². The summed E-state index contributed by atoms with van der Waals surface area (Å²) in [6.45, 7) is 6.61. The lowest BCUT2D eigenvalue weighted by molar-refractivity contribution is 1.05. The third kappa shape index (κ3) is 4.40. The SMILES string of the molecule is C/C(=C\c1c(C)n(-c2ccccc2)c2ccccc12)N(c1ccccc1)c1ccc2c(c1)cc(C)n2-c1ccccc1. The molecule has 0 N–H and O–H groups in total. The highest BCUT2D eigenvalue weighted by atomic mass is 15.1. The van der Waals surface area contributed by atoms with Gasteiger partial charge in [0.25, 0.3) is 0 Å². The van der Waals surface area contributed by atoms with E-state index < -0.39 is 0 Å². The second-order valence-corrected chi connectivity index (χ2v) is 10.8. The highest BCUT2D eigenvalue weighted by Crippen LogP contribution is 2.37. The van der Waals surface area contributed by atoms with Gasteiger partial charge < -0.3 is 14.0 Å². The number of aromatic nitrogens is 2. The van der Waals surface area contributed by atoms with Gasteiger partial charge >= 0.3 is 0 Å². The molecule has 0 bridgehead atoms. The van der Waals surface area contributed by atoms with E-state index in [2.05, 4.69) is 180 Å². The smallest absolute Gasteiger partial charge is 0.0537 e. The fraction of sp³-hybridized carbons (Fsp3) is 0.0769. The van der Waals surface area contributed by atoms with E-state index in [-0.39, 0.29) is 0 Å². The normalized spacial score (nSPS) is 11.8. The van der Waals surface area contributed by atoms with Crippen LogP contribution in [0.2, 0.25) is 0 Å². The molecular formula is C39H33N3. The molecule has 0 unspecified atom stereocenters. The Hall–Kier alpha value is -5.28. The molecule has 7 rings (SSSR count). The van der Waals surface area contributed by atoms with E-state index in [1.807, 2.05) is 0 Å². The van der Waals surface area contributed by atoms with Crippen LogP contribution in [0.15, 0.2) is 145 Å². The maximum Gasteiger partial charge on any atom is 0.0537 e. The van der Waals surface area contributed by atoms with Crippen LogP contribution in [0.4, 0.5) is 11.4 Å². The average molecular weight is 544 g/mol. The van der Waals surface area contributed by atoms with Gasteiger partial charge in [0.05, 0.1) is 11.0 Å². The van der Waals surface area contributed by atoms with E-state index in [1.165, 1.54) is 50.1 Å². The predicted octanol–water partition coefficient (Wildman–Crippen LogP) is 10.4. The lowest BCUT2D eigenvalue weighted by Gasteiger charge is -2.26. The van der Waals surface area contributed by atoms with Gasteiger partial charge in [0, 0.05) is 56.2 Å². The summed E-state index contributed by atoms with van der Waals surface area (Å²) in [5.74, 6) is 0. The van der Waals surface area contributed by atoms with E-state index in [0.717, 1.165) is 17.1 Å². The van der Waals surface area contributed by atoms with Crippen LogP contribution in [-0.4, -0.2) is 9.13 Å². The Labute approximate surface area is 247 Å². The fourth-order valence-electron chi connectivity index (χ4n) is 6.29. The van der Waals surface area contributed by atoms with Crippen LogP contribution in [0.5, 0.6) is 0 Å². The van der Waals surface area contributed by atoms with Crippen LogP contribution in [0.1, 0.15) is 23.9 Å². The molecule has 42 heavy (non-hydrogen) atoms. The molecule has 0 saturated carbocycles. The van der Waals surface area contributed by atoms with Crippen LogP contribution in [0.25, 0.3) is 39.3 Å². The molecule has 2 heterocycles. The first-order valence-corrected chi connectivity index (χ1v) is 14.5. The molecule has 0 atom stereocenters. The van der Waals surface area contributed by atoms with Gasteiger partial charge in [-0.05, 0) is 93.6 Å². The molecule has 204 valence electrons. The van der Waals surface area contributed by atoms with E-state index in [4.69, 9.17) is 0 Å². The standard InChI is InChI=1S/C39H33N3/c1-28-25-31-27-35(23-24-38(31)41(28)33-17-9-5-10-18-33)40(32-15-7-4-8-16-32)29(2)26-37-30(3)42(34-19-11-6-12-20-34)39-22-14-13-21-36(37)39/h4-27H,1-3H3/b29-26+. The molecule has 5 aromatic carbocycles. The summed E-state index contributed by atoms with van der Waals surface area (Å²) >= 11 is 0. The first-order valence-electron chi connectivity index (χ1n) is 14.5. The van der Waals surface area contributed by atoms with E-state index in [9.17, 15) is 0 Å². The monoisotopic (exact) mass is 543 g/mol. The molecule has 0 aliphatic rings. The van der Waals surface area contributed by atoms with Crippen molar-refractivity contribution in [3.05, 3.63) is 162 Å². The summed E-state index contributed by atoms with van der Waals surface area (Å²) < 4.78 is 4.69. The van der Waals surface area contributed by atoms with Gasteiger partial charge in [-0.15, -0.1) is 0 Å². The molecule has 3 heteroatoms. The number of allylic oxidation sites excluding steroid dienone is 1. The van der Waals surface area contributed by atoms with Gasteiger partial charge in [-0.3, -0.25) is 0 Å². The van der Waals surface area contributed by atoms with Crippen molar-refractivity contribution in [2.75, 3.05) is 4.90 Å². The second-order valence-electron chi connectivity index (χ2n) is 10.8. The predicted molar refractivity (Wildman–Crippen MR) is 178 cm³/mol. The third-order valence-electron chi connectivity index (χ3n) is 8.14. The minimum atomic E-state index is 1.13. The number of fused-ring (bicyclic) bond motifs is 2. The minimum Gasteiger partial charge on any atom is -0.314 e. The number of para-hydroxylation sites is 4. The van der Waals surface area contributed by atoms with Crippen molar-refractivity contribution in [2.45, 2.75) is 20.8 Å². The molecule has 0 aliphatic heterocycles. The van der Waals surface area contributed by atoms with E-state index >= 15 is 0 Å². The summed E-state index contributed by atoms with van der Waals surface area (Å²) in [6, 6.07) is 49.6. The van der Waals surface area contributed by atoms with Crippen molar-refractivity contribution in [1.29, 1.82) is 0 Å². The lowest BCUT2D eigenvalue weighted by atomic mass is 10.1. The molecule has 3 nitrogen and oxygen atoms in total. The highest BCUT2D eigenvalue weighted by molar-refractivity contribution is 5.94. The number of anilines is 2. The van der Waals surface area contributed by atoms with Gasteiger partial charge in [-0.2, -0.15) is 0 Å². The maximum absolute atomic E-state index is 2.36. The quantitative estimate of drug-likeness (QED) is 0.203. The Morgan fingerprint density at radius 3 is 1.86 bits per heavy atom. The minimum absolute atomic E-state index is 1.13. The van der Waals surface area contributed by atoms with E-state index in [0.29, 0.717) is 0 Å². The summed E-state index contributed by atoms with van der Waals surface area (Å²) in [7, 11) is 0. The Balaban J connectivity index is 1.39. The van der Waals surface area contributed by atoms with Crippen LogP contribution < -0.4 is 4.90 Å². The number of rotatable bonds is 6. The van der Waals surface area contributed by atoms with Crippen molar-refractivity contribution < 1.29 is 0 Å². The lowest BCUT2D eigenvalue weighted by Crippen LogP contribution is -2.14. The fourth-order valence-corrected chi connectivity index (χ4v) is 6.29. The number of benzene rings is 5. The first kappa shape index (κ1) is 25.7. The van der Waals surface area contributed by atoms with Gasteiger partial charge in [0.15, 0.2) is 0 Å². The zero-order valence-electron chi connectivity index (χ0n) is 24.2. The summed E-state index contributed by atoms with van der Waals surface area (Å²) in [6.07, 6.45) is 2.34. The average Bonchev–Trinajstić information content (AvgIpc) is 3.50. The Kier molecular flexibility index (Phi) is 6.48. The first-order chi connectivity index (χ1) is 20.6. The number of nitrogens with zero attached hydrogens (tertiary/aromatic N) is 3. The summed E-state index contributed by atoms with van der Waals surface area (Å²) in [5, 5.41) is 2.47. The van der Waals surface area contributed by atoms with Gasteiger partial charge in [-0.1, -0.05) is 72.8 Å². The van der Waals surface area contributed by atoms with Crippen LogP contribution >= 0.6 is 0 Å². The van der Waals surface area contributed by atoms with E-state index in [1.54, 1.807) is 0 Å². The Morgan fingerprint density at radius 1 is 0.571 bits per heavy atom. The maximum atomic E-state index is 2.36. The number of hydrogen-bond acceptors (Lipinski definition) is 1. The topological polar surface area (TPSA) is 13.1 Å². The van der Waals surface area contributed by atoms with Crippen LogP contribution in [-0.2, 0) is 0 Å². The molecule has 0 aliphatic carbocycles. The number of hydrogen-bond donors (Lipinski definition) is 0. The zero-order valence-corrected chi connectivity index (χ0v) is 24.2. The van der Waals surface area contributed by atoms with Crippen LogP contribution in [0.3, 0.4) is 0 Å². The zero-order chi connectivity index (χ0) is 28.6. The number of aryl methyl sites for hydroxylation is 1. The Bertz CT molecular complexity index is 2050. The molecule has 7 aromatic rings. The molecule has 2 aromatic heterocycles. The molecule has 0 spiro atoms. The van der Waals surface area contributed by atoms with Crippen molar-refractivity contribution in [3.63, 3.8) is 0 Å². The van der Waals surface area contributed by atoms with Crippen molar-refractivity contribution in [3.8, 4) is 11.4 Å². The largest absolute Gasteiger partial charge is 0.314 e. The summed E-state index contributed by atoms with van der Waals surface area (Å²) in [4.78, 5) is 2.36. The van der Waals surface area contributed by atoms with Crippen molar-refractivity contribution in [1.82, 2.24) is 9.13 Å². The molecule has 0 amide bonds. The summed E-state index contributed by atoms with van der Waals surface area (Å²) in [5.41, 5.74) is 11.9. The van der Waals surface area contributed by atoms with Gasteiger partial charge in [0.2, 0.25) is 0 Å².